The number of benzene rings is 2. The van der Waals surface area contributed by atoms with Crippen LogP contribution >= 0.6 is 22.6 Å². The Morgan fingerprint density at radius 1 is 1.12 bits per heavy atom. The first-order valence-corrected chi connectivity index (χ1v) is 6.36. The SMILES string of the molecule is Cc1ccccc1C(O)c1ccc(F)cc1I. The summed E-state index contributed by atoms with van der Waals surface area (Å²) in [6, 6.07) is 12.1. The van der Waals surface area contributed by atoms with E-state index in [0.717, 1.165) is 20.3 Å². The minimum Gasteiger partial charge on any atom is -0.384 e. The maximum atomic E-state index is 13.0. The van der Waals surface area contributed by atoms with Gasteiger partial charge in [0.25, 0.3) is 0 Å². The largest absolute Gasteiger partial charge is 0.384 e. The van der Waals surface area contributed by atoms with Crippen LogP contribution in [-0.4, -0.2) is 5.11 Å². The molecule has 0 amide bonds. The molecule has 0 fully saturated rings. The second-order valence-corrected chi connectivity index (χ2v) is 5.09. The smallest absolute Gasteiger partial charge is 0.124 e. The molecule has 0 aliphatic heterocycles. The zero-order valence-corrected chi connectivity index (χ0v) is 11.5. The van der Waals surface area contributed by atoms with E-state index in [2.05, 4.69) is 0 Å². The minimum absolute atomic E-state index is 0.282. The second-order valence-electron chi connectivity index (χ2n) is 3.92. The lowest BCUT2D eigenvalue weighted by molar-refractivity contribution is 0.218. The first-order valence-electron chi connectivity index (χ1n) is 5.28. The number of hydrogen-bond donors (Lipinski definition) is 1. The molecular weight excluding hydrogens is 330 g/mol. The molecule has 0 spiro atoms. The molecule has 1 unspecified atom stereocenters. The first-order chi connectivity index (χ1) is 8.09. The van der Waals surface area contributed by atoms with Crippen molar-refractivity contribution in [1.82, 2.24) is 0 Å². The normalized spacial score (nSPS) is 12.5. The summed E-state index contributed by atoms with van der Waals surface area (Å²) in [5, 5.41) is 10.3. The van der Waals surface area contributed by atoms with E-state index >= 15 is 0 Å². The van der Waals surface area contributed by atoms with Crippen LogP contribution in [-0.2, 0) is 0 Å². The molecule has 17 heavy (non-hydrogen) atoms. The molecule has 0 aliphatic carbocycles. The second kappa shape index (κ2) is 5.14. The third-order valence-corrected chi connectivity index (χ3v) is 3.67. The summed E-state index contributed by atoms with van der Waals surface area (Å²) in [4.78, 5) is 0. The number of aryl methyl sites for hydroxylation is 1. The third-order valence-electron chi connectivity index (χ3n) is 2.74. The van der Waals surface area contributed by atoms with Crippen molar-refractivity contribution in [1.29, 1.82) is 0 Å². The van der Waals surface area contributed by atoms with Gasteiger partial charge < -0.3 is 5.11 Å². The Labute approximate surface area is 113 Å². The van der Waals surface area contributed by atoms with Crippen molar-refractivity contribution in [3.63, 3.8) is 0 Å². The summed E-state index contributed by atoms with van der Waals surface area (Å²) in [7, 11) is 0. The van der Waals surface area contributed by atoms with E-state index in [1.165, 1.54) is 12.1 Å². The fourth-order valence-electron chi connectivity index (χ4n) is 1.78. The minimum atomic E-state index is -0.705. The highest BCUT2D eigenvalue weighted by atomic mass is 127. The van der Waals surface area contributed by atoms with Gasteiger partial charge in [-0.2, -0.15) is 0 Å². The van der Waals surface area contributed by atoms with Gasteiger partial charge in [0, 0.05) is 3.57 Å². The van der Waals surface area contributed by atoms with Crippen LogP contribution in [0.1, 0.15) is 22.8 Å². The van der Waals surface area contributed by atoms with Crippen LogP contribution in [0.5, 0.6) is 0 Å². The summed E-state index contributed by atoms with van der Waals surface area (Å²) in [5.41, 5.74) is 2.62. The monoisotopic (exact) mass is 342 g/mol. The van der Waals surface area contributed by atoms with Gasteiger partial charge in [-0.3, -0.25) is 0 Å². The molecule has 2 aromatic carbocycles. The summed E-state index contributed by atoms with van der Waals surface area (Å²) in [5.74, 6) is -0.282. The predicted molar refractivity (Wildman–Crippen MR) is 74.4 cm³/mol. The average Bonchev–Trinajstić information content (AvgIpc) is 2.29. The molecular formula is C14H12FIO. The summed E-state index contributed by atoms with van der Waals surface area (Å²) >= 11 is 2.04. The van der Waals surface area contributed by atoms with E-state index in [9.17, 15) is 9.50 Å². The quantitative estimate of drug-likeness (QED) is 0.823. The van der Waals surface area contributed by atoms with Crippen molar-refractivity contribution in [3.8, 4) is 0 Å². The van der Waals surface area contributed by atoms with E-state index in [4.69, 9.17) is 0 Å². The molecule has 1 atom stereocenters. The average molecular weight is 342 g/mol. The standard InChI is InChI=1S/C14H12FIO/c1-9-4-2-3-5-11(9)14(17)12-7-6-10(15)8-13(12)16/h2-8,14,17H,1H3. The van der Waals surface area contributed by atoms with Gasteiger partial charge in [0.2, 0.25) is 0 Å². The summed E-state index contributed by atoms with van der Waals surface area (Å²) in [6.45, 7) is 1.95. The maximum absolute atomic E-state index is 13.0. The lowest BCUT2D eigenvalue weighted by atomic mass is 9.98. The zero-order chi connectivity index (χ0) is 12.4. The van der Waals surface area contributed by atoms with Gasteiger partial charge in [0.05, 0.1) is 0 Å². The highest BCUT2D eigenvalue weighted by Crippen LogP contribution is 2.28. The van der Waals surface area contributed by atoms with Crippen LogP contribution in [0.3, 0.4) is 0 Å². The van der Waals surface area contributed by atoms with E-state index in [1.54, 1.807) is 6.07 Å². The molecule has 0 heterocycles. The van der Waals surface area contributed by atoms with Gasteiger partial charge in [0.15, 0.2) is 0 Å². The molecule has 1 nitrogen and oxygen atoms in total. The van der Waals surface area contributed by atoms with Crippen molar-refractivity contribution in [3.05, 3.63) is 68.5 Å². The molecule has 0 aliphatic rings. The third kappa shape index (κ3) is 2.66. The number of aliphatic hydroxyl groups is 1. The lowest BCUT2D eigenvalue weighted by Gasteiger charge is -2.15. The van der Waals surface area contributed by atoms with Crippen LogP contribution < -0.4 is 0 Å². The number of aliphatic hydroxyl groups excluding tert-OH is 1. The highest BCUT2D eigenvalue weighted by molar-refractivity contribution is 14.1. The molecule has 0 saturated heterocycles. The molecule has 2 rings (SSSR count). The van der Waals surface area contributed by atoms with E-state index in [-0.39, 0.29) is 5.82 Å². The molecule has 1 N–H and O–H groups in total. The topological polar surface area (TPSA) is 20.2 Å². The Kier molecular flexibility index (Phi) is 3.79. The molecule has 0 bridgehead atoms. The molecule has 0 saturated carbocycles. The van der Waals surface area contributed by atoms with Crippen LogP contribution in [0, 0.1) is 16.3 Å². The Morgan fingerprint density at radius 3 is 2.47 bits per heavy atom. The van der Waals surface area contributed by atoms with Crippen LogP contribution in [0.2, 0.25) is 0 Å². The molecule has 3 heteroatoms. The van der Waals surface area contributed by atoms with Crippen LogP contribution in [0.4, 0.5) is 4.39 Å². The first kappa shape index (κ1) is 12.5. The lowest BCUT2D eigenvalue weighted by Crippen LogP contribution is -2.04. The summed E-state index contributed by atoms with van der Waals surface area (Å²) < 4.78 is 13.7. The van der Waals surface area contributed by atoms with Crippen molar-refractivity contribution in [2.24, 2.45) is 0 Å². The Balaban J connectivity index is 2.44. The Bertz CT molecular complexity index is 539. The molecule has 0 radical (unpaired) electrons. The molecule has 0 aromatic heterocycles. The van der Waals surface area contributed by atoms with Gasteiger partial charge in [0.1, 0.15) is 11.9 Å². The van der Waals surface area contributed by atoms with Gasteiger partial charge in [-0.15, -0.1) is 0 Å². The molecule has 88 valence electrons. The van der Waals surface area contributed by atoms with Crippen LogP contribution in [0.15, 0.2) is 42.5 Å². The fraction of sp³-hybridized carbons (Fsp3) is 0.143. The van der Waals surface area contributed by atoms with Crippen molar-refractivity contribution >= 4 is 22.6 Å². The fourth-order valence-corrected chi connectivity index (χ4v) is 2.56. The molecule has 2 aromatic rings. The van der Waals surface area contributed by atoms with Gasteiger partial charge in [-0.25, -0.2) is 4.39 Å². The number of rotatable bonds is 2. The Morgan fingerprint density at radius 2 is 1.82 bits per heavy atom. The Hall–Kier alpha value is -0.940. The van der Waals surface area contributed by atoms with Gasteiger partial charge in [-0.05, 0) is 58.3 Å². The van der Waals surface area contributed by atoms with Crippen molar-refractivity contribution in [2.45, 2.75) is 13.0 Å². The zero-order valence-electron chi connectivity index (χ0n) is 9.32. The van der Waals surface area contributed by atoms with E-state index in [0.29, 0.717) is 0 Å². The van der Waals surface area contributed by atoms with E-state index < -0.39 is 6.10 Å². The number of hydrogen-bond acceptors (Lipinski definition) is 1. The van der Waals surface area contributed by atoms with E-state index in [1.807, 2.05) is 53.8 Å². The summed E-state index contributed by atoms with van der Waals surface area (Å²) in [6.07, 6.45) is -0.705. The highest BCUT2D eigenvalue weighted by Gasteiger charge is 2.15. The van der Waals surface area contributed by atoms with Crippen molar-refractivity contribution in [2.75, 3.05) is 0 Å². The van der Waals surface area contributed by atoms with Crippen LogP contribution in [0.25, 0.3) is 0 Å². The number of halogens is 2. The van der Waals surface area contributed by atoms with Crippen molar-refractivity contribution < 1.29 is 9.50 Å². The predicted octanol–water partition coefficient (Wildman–Crippen LogP) is 3.82. The van der Waals surface area contributed by atoms with Gasteiger partial charge in [-0.1, -0.05) is 30.3 Å². The maximum Gasteiger partial charge on any atom is 0.124 e. The van der Waals surface area contributed by atoms with Gasteiger partial charge >= 0.3 is 0 Å².